The van der Waals surface area contributed by atoms with Gasteiger partial charge in [0.2, 0.25) is 5.95 Å². The Bertz CT molecular complexity index is 1180. The largest absolute Gasteiger partial charge is 0.357 e. The van der Waals surface area contributed by atoms with Gasteiger partial charge in [-0.05, 0) is 56.8 Å². The number of alkyl halides is 2. The molecule has 5 heterocycles. The maximum absolute atomic E-state index is 13.7. The van der Waals surface area contributed by atoms with Gasteiger partial charge in [0.1, 0.15) is 0 Å². The summed E-state index contributed by atoms with van der Waals surface area (Å²) in [4.78, 5) is 19.8. The van der Waals surface area contributed by atoms with Gasteiger partial charge in [-0.15, -0.1) is 0 Å². The summed E-state index contributed by atoms with van der Waals surface area (Å²) in [5, 5.41) is 4.62. The van der Waals surface area contributed by atoms with Crippen LogP contribution < -0.4 is 10.2 Å². The minimum absolute atomic E-state index is 0.0154. The molecule has 0 unspecified atom stereocenters. The van der Waals surface area contributed by atoms with Crippen molar-refractivity contribution in [2.75, 3.05) is 57.3 Å². The Morgan fingerprint density at radius 2 is 1.76 bits per heavy atom. The van der Waals surface area contributed by atoms with E-state index in [2.05, 4.69) is 32.2 Å². The third-order valence-electron chi connectivity index (χ3n) is 8.47. The molecule has 2 N–H and O–H groups in total. The van der Waals surface area contributed by atoms with E-state index in [9.17, 15) is 8.78 Å². The van der Waals surface area contributed by atoms with Crippen molar-refractivity contribution >= 4 is 16.9 Å². The van der Waals surface area contributed by atoms with Crippen LogP contribution in [0.2, 0.25) is 0 Å². The van der Waals surface area contributed by atoms with Crippen molar-refractivity contribution in [3.63, 3.8) is 0 Å². The minimum Gasteiger partial charge on any atom is -0.357 e. The lowest BCUT2D eigenvalue weighted by Gasteiger charge is -2.40. The fraction of sp³-hybridized carbons (Fsp3) is 0.571. The van der Waals surface area contributed by atoms with Crippen molar-refractivity contribution in [2.45, 2.75) is 44.7 Å². The first kappa shape index (κ1) is 24.7. The molecule has 7 nitrogen and oxygen atoms in total. The first-order valence-corrected chi connectivity index (χ1v) is 13.7. The first-order valence-electron chi connectivity index (χ1n) is 13.7. The molecule has 2 atom stereocenters. The van der Waals surface area contributed by atoms with Gasteiger partial charge in [-0.2, -0.15) is 0 Å². The number of nitrogens with zero attached hydrogens (tertiary/aromatic N) is 5. The number of anilines is 1. The maximum Gasteiger partial charge on any atom is 0.251 e. The van der Waals surface area contributed by atoms with E-state index in [4.69, 9.17) is 9.97 Å². The number of para-hydroxylation sites is 1. The molecular formula is C28H37F2N7. The van der Waals surface area contributed by atoms with Crippen LogP contribution in [0.3, 0.4) is 0 Å². The smallest absolute Gasteiger partial charge is 0.251 e. The fourth-order valence-electron chi connectivity index (χ4n) is 6.51. The van der Waals surface area contributed by atoms with Crippen molar-refractivity contribution < 1.29 is 8.78 Å². The Morgan fingerprint density at radius 3 is 2.49 bits per heavy atom. The lowest BCUT2D eigenvalue weighted by molar-refractivity contribution is 0.0454. The fourth-order valence-corrected chi connectivity index (χ4v) is 6.51. The number of aromatic nitrogens is 3. The van der Waals surface area contributed by atoms with Crippen LogP contribution >= 0.6 is 0 Å². The standard InChI is InChI=1S/C28H37F2N7/c1-19-14-23-22-4-2-3-5-24(22)34-26(23)27(37(19)18-25(29)30)21-15-32-28(33-16-21)36-12-10-35(11-13-36)17-20-6-8-31-9-7-20/h2-5,15-16,19-20,25,27,31,34H,6-14,17-18H2,1H3/t19-,27-/m1/s1. The molecule has 3 aromatic rings. The van der Waals surface area contributed by atoms with E-state index < -0.39 is 6.43 Å². The molecule has 3 aliphatic rings. The average molecular weight is 510 g/mol. The van der Waals surface area contributed by atoms with Gasteiger partial charge in [0.15, 0.2) is 0 Å². The molecular weight excluding hydrogens is 472 g/mol. The van der Waals surface area contributed by atoms with E-state index in [1.807, 2.05) is 36.4 Å². The van der Waals surface area contributed by atoms with Crippen LogP contribution in [0, 0.1) is 5.92 Å². The molecule has 3 aliphatic heterocycles. The number of halogens is 2. The highest BCUT2D eigenvalue weighted by molar-refractivity contribution is 5.85. The summed E-state index contributed by atoms with van der Waals surface area (Å²) in [5.41, 5.74) is 4.10. The lowest BCUT2D eigenvalue weighted by Crippen LogP contribution is -2.49. The van der Waals surface area contributed by atoms with Gasteiger partial charge in [-0.3, -0.25) is 9.80 Å². The predicted molar refractivity (Wildman–Crippen MR) is 142 cm³/mol. The highest BCUT2D eigenvalue weighted by Gasteiger charge is 2.37. The zero-order chi connectivity index (χ0) is 25.4. The van der Waals surface area contributed by atoms with Gasteiger partial charge in [0.05, 0.1) is 12.6 Å². The predicted octanol–water partition coefficient (Wildman–Crippen LogP) is 3.68. The molecule has 0 bridgehead atoms. The number of piperidine rings is 1. The van der Waals surface area contributed by atoms with Crippen LogP contribution in [0.5, 0.6) is 0 Å². The van der Waals surface area contributed by atoms with Gasteiger partial charge in [0, 0.05) is 73.3 Å². The second-order valence-electron chi connectivity index (χ2n) is 10.9. The number of rotatable bonds is 6. The summed E-state index contributed by atoms with van der Waals surface area (Å²) in [5.74, 6) is 1.53. The van der Waals surface area contributed by atoms with E-state index in [-0.39, 0.29) is 18.6 Å². The zero-order valence-corrected chi connectivity index (χ0v) is 21.5. The highest BCUT2D eigenvalue weighted by Crippen LogP contribution is 2.40. The van der Waals surface area contributed by atoms with Crippen LogP contribution in [0.15, 0.2) is 36.7 Å². The zero-order valence-electron chi connectivity index (χ0n) is 21.5. The van der Waals surface area contributed by atoms with E-state index >= 15 is 0 Å². The number of H-pyrrole nitrogens is 1. The Balaban J connectivity index is 1.20. The van der Waals surface area contributed by atoms with Crippen molar-refractivity contribution in [1.29, 1.82) is 0 Å². The number of hydrogen-bond donors (Lipinski definition) is 2. The Morgan fingerprint density at radius 1 is 1.03 bits per heavy atom. The van der Waals surface area contributed by atoms with Gasteiger partial charge in [0.25, 0.3) is 6.43 Å². The molecule has 37 heavy (non-hydrogen) atoms. The summed E-state index contributed by atoms with van der Waals surface area (Å²) in [6.45, 7) is 9.09. The summed E-state index contributed by atoms with van der Waals surface area (Å²) in [6, 6.07) is 7.86. The first-order chi connectivity index (χ1) is 18.1. The molecule has 2 aromatic heterocycles. The van der Waals surface area contributed by atoms with E-state index in [0.29, 0.717) is 0 Å². The van der Waals surface area contributed by atoms with Crippen molar-refractivity contribution in [3.8, 4) is 0 Å². The second kappa shape index (κ2) is 10.6. The van der Waals surface area contributed by atoms with Crippen molar-refractivity contribution in [1.82, 2.24) is 30.1 Å². The Hall–Kier alpha value is -2.62. The van der Waals surface area contributed by atoms with Crippen LogP contribution in [-0.4, -0.2) is 89.6 Å². The number of benzene rings is 1. The third kappa shape index (κ3) is 5.09. The third-order valence-corrected chi connectivity index (χ3v) is 8.47. The summed E-state index contributed by atoms with van der Waals surface area (Å²) >= 11 is 0. The van der Waals surface area contributed by atoms with Gasteiger partial charge in [-0.25, -0.2) is 18.7 Å². The van der Waals surface area contributed by atoms with Gasteiger partial charge in [-0.1, -0.05) is 18.2 Å². The average Bonchev–Trinajstić information content (AvgIpc) is 3.28. The molecule has 0 amide bonds. The number of hydrogen-bond acceptors (Lipinski definition) is 6. The second-order valence-corrected chi connectivity index (χ2v) is 10.9. The molecule has 1 aromatic carbocycles. The summed E-state index contributed by atoms with van der Waals surface area (Å²) in [6.07, 6.45) is 4.57. The molecule has 0 saturated carbocycles. The number of aromatic amines is 1. The van der Waals surface area contributed by atoms with E-state index in [1.54, 1.807) is 0 Å². The van der Waals surface area contributed by atoms with E-state index in [1.165, 1.54) is 30.3 Å². The molecule has 9 heteroatoms. The minimum atomic E-state index is -2.41. The Labute approximate surface area is 217 Å². The molecule has 6 rings (SSSR count). The van der Waals surface area contributed by atoms with Crippen molar-refractivity contribution in [3.05, 3.63) is 53.5 Å². The lowest BCUT2D eigenvalue weighted by atomic mass is 9.89. The van der Waals surface area contributed by atoms with Gasteiger partial charge < -0.3 is 15.2 Å². The van der Waals surface area contributed by atoms with E-state index in [0.717, 1.165) is 74.3 Å². The molecule has 0 spiro atoms. The normalized spacial score (nSPS) is 24.2. The van der Waals surface area contributed by atoms with Crippen molar-refractivity contribution in [2.24, 2.45) is 5.92 Å². The highest BCUT2D eigenvalue weighted by atomic mass is 19.3. The van der Waals surface area contributed by atoms with Crippen LogP contribution in [0.1, 0.15) is 42.6 Å². The molecule has 2 saturated heterocycles. The molecule has 0 radical (unpaired) electrons. The molecule has 0 aliphatic carbocycles. The van der Waals surface area contributed by atoms with Crippen LogP contribution in [0.25, 0.3) is 10.9 Å². The van der Waals surface area contributed by atoms with Crippen LogP contribution in [-0.2, 0) is 6.42 Å². The maximum atomic E-state index is 13.7. The topological polar surface area (TPSA) is 63.3 Å². The SMILES string of the molecule is C[C@@H]1Cc2c([nH]c3ccccc23)[C@@H](c2cnc(N3CCN(CC4CCNCC4)CC3)nc2)N1CC(F)F. The quantitative estimate of drug-likeness (QED) is 0.529. The Kier molecular flexibility index (Phi) is 7.10. The number of fused-ring (bicyclic) bond motifs is 3. The molecule has 2 fully saturated rings. The summed E-state index contributed by atoms with van der Waals surface area (Å²) < 4.78 is 27.3. The monoisotopic (exact) mass is 509 g/mol. The molecule has 198 valence electrons. The summed E-state index contributed by atoms with van der Waals surface area (Å²) in [7, 11) is 0. The van der Waals surface area contributed by atoms with Gasteiger partial charge >= 0.3 is 0 Å². The van der Waals surface area contributed by atoms with Crippen LogP contribution in [0.4, 0.5) is 14.7 Å². The number of piperazine rings is 1. The number of nitrogens with one attached hydrogen (secondary N) is 2.